The van der Waals surface area contributed by atoms with Gasteiger partial charge in [0.1, 0.15) is 0 Å². The molecule has 0 rings (SSSR count). The number of halogens is 4. The summed E-state index contributed by atoms with van der Waals surface area (Å²) in [6, 6.07) is -1.17. The molecule has 0 aliphatic carbocycles. The highest BCUT2D eigenvalue weighted by Crippen LogP contribution is 2.26. The summed E-state index contributed by atoms with van der Waals surface area (Å²) in [6.07, 6.45) is -5.03. The van der Waals surface area contributed by atoms with Crippen LogP contribution in [0.5, 0.6) is 0 Å². The molecule has 0 aromatic carbocycles. The predicted octanol–water partition coefficient (Wildman–Crippen LogP) is 3.88. The third-order valence-corrected chi connectivity index (χ3v) is 3.09. The molecule has 0 aliphatic rings. The number of carbonyl (C=O) groups is 1. The summed E-state index contributed by atoms with van der Waals surface area (Å²) in [4.78, 5) is 13.0. The highest BCUT2D eigenvalue weighted by molar-refractivity contribution is 9.09. The Hall–Kier alpha value is -0.950. The molecule has 0 bridgehead atoms. The zero-order valence-electron chi connectivity index (χ0n) is 9.40. The van der Waals surface area contributed by atoms with Crippen LogP contribution in [0.1, 0.15) is 25.7 Å². The van der Waals surface area contributed by atoms with Gasteiger partial charge in [-0.2, -0.15) is 13.2 Å². The number of carboxylic acid groups (broad SMARTS) is 1. The van der Waals surface area contributed by atoms with E-state index in [2.05, 4.69) is 26.0 Å². The molecule has 0 saturated heterocycles. The smallest absolute Gasteiger partial charge is 0.389 e. The Balaban J connectivity index is 4.20. The number of hydrogen-bond donors (Lipinski definition) is 1. The van der Waals surface area contributed by atoms with Crippen LogP contribution in [-0.4, -0.2) is 28.6 Å². The van der Waals surface area contributed by atoms with Crippen LogP contribution in [-0.2, 0) is 4.79 Å². The molecule has 18 heavy (non-hydrogen) atoms. The molecular weight excluding hydrogens is 319 g/mol. The molecule has 0 radical (unpaired) electrons. The lowest BCUT2D eigenvalue weighted by Gasteiger charge is -2.14. The van der Waals surface area contributed by atoms with E-state index in [0.717, 1.165) is 0 Å². The first-order chi connectivity index (χ1) is 8.30. The fourth-order valence-corrected chi connectivity index (χ4v) is 2.01. The Morgan fingerprint density at radius 2 is 2.06 bits per heavy atom. The molecule has 0 aliphatic heterocycles. The van der Waals surface area contributed by atoms with Crippen molar-refractivity contribution in [2.24, 2.45) is 11.0 Å². The molecule has 104 valence electrons. The number of azide groups is 1. The maximum Gasteiger partial charge on any atom is 0.389 e. The van der Waals surface area contributed by atoms with E-state index in [4.69, 9.17) is 10.6 Å². The van der Waals surface area contributed by atoms with Crippen molar-refractivity contribution in [3.8, 4) is 0 Å². The Labute approximate surface area is 110 Å². The molecule has 9 heteroatoms. The number of nitrogens with zero attached hydrogens (tertiary/aromatic N) is 3. The minimum atomic E-state index is -4.39. The van der Waals surface area contributed by atoms with Gasteiger partial charge < -0.3 is 5.11 Å². The lowest BCUT2D eigenvalue weighted by molar-refractivity contribution is -0.142. The average molecular weight is 332 g/mol. The number of rotatable bonds is 8. The molecular formula is C9H13BrF3N3O2. The summed E-state index contributed by atoms with van der Waals surface area (Å²) in [5, 5.41) is 12.1. The predicted molar refractivity (Wildman–Crippen MR) is 62.4 cm³/mol. The summed E-state index contributed by atoms with van der Waals surface area (Å²) in [5.41, 5.74) is 8.17. The van der Waals surface area contributed by atoms with E-state index >= 15 is 0 Å². The second-order valence-electron chi connectivity index (χ2n) is 3.80. The van der Waals surface area contributed by atoms with E-state index < -0.39 is 30.5 Å². The van der Waals surface area contributed by atoms with Gasteiger partial charge in [-0.1, -0.05) is 27.5 Å². The molecule has 5 nitrogen and oxygen atoms in total. The summed E-state index contributed by atoms with van der Waals surface area (Å²) >= 11 is 3.02. The second-order valence-corrected chi connectivity index (χ2v) is 4.45. The van der Waals surface area contributed by atoms with Crippen LogP contribution < -0.4 is 0 Å². The molecule has 0 amide bonds. The summed E-state index contributed by atoms with van der Waals surface area (Å²) in [7, 11) is 0. The van der Waals surface area contributed by atoms with Crippen LogP contribution in [0.3, 0.4) is 0 Å². The van der Waals surface area contributed by atoms with Crippen LogP contribution in [0.4, 0.5) is 13.2 Å². The molecule has 2 unspecified atom stereocenters. The first-order valence-corrected chi connectivity index (χ1v) is 6.32. The van der Waals surface area contributed by atoms with Gasteiger partial charge in [-0.25, -0.2) is 0 Å². The minimum Gasteiger partial charge on any atom is -0.481 e. The van der Waals surface area contributed by atoms with E-state index in [1.807, 2.05) is 0 Å². The number of alkyl halides is 4. The van der Waals surface area contributed by atoms with Gasteiger partial charge in [-0.15, -0.1) is 0 Å². The van der Waals surface area contributed by atoms with Gasteiger partial charge in [-0.3, -0.25) is 4.79 Å². The quantitative estimate of drug-likeness (QED) is 0.316. The van der Waals surface area contributed by atoms with Gasteiger partial charge >= 0.3 is 12.1 Å². The van der Waals surface area contributed by atoms with Gasteiger partial charge in [0.25, 0.3) is 0 Å². The second kappa shape index (κ2) is 8.20. The van der Waals surface area contributed by atoms with Gasteiger partial charge in [0, 0.05) is 16.3 Å². The van der Waals surface area contributed by atoms with Crippen molar-refractivity contribution >= 4 is 21.9 Å². The fraction of sp³-hybridized carbons (Fsp3) is 0.889. The molecule has 0 aromatic rings. The van der Waals surface area contributed by atoms with Crippen LogP contribution in [0.2, 0.25) is 0 Å². The number of hydrogen-bond acceptors (Lipinski definition) is 2. The molecule has 1 N–H and O–H groups in total. The first-order valence-electron chi connectivity index (χ1n) is 5.20. The standard InChI is InChI=1S/C9H13BrF3N3O2/c10-5-6(8(17)18)2-1-3-7(15-16-14)4-9(11,12)13/h6-7H,1-5H2,(H,17,18). The Kier molecular flexibility index (Phi) is 7.77. The molecule has 0 heterocycles. The van der Waals surface area contributed by atoms with E-state index in [-0.39, 0.29) is 24.6 Å². The monoisotopic (exact) mass is 331 g/mol. The fourth-order valence-electron chi connectivity index (χ4n) is 1.41. The average Bonchev–Trinajstić information content (AvgIpc) is 2.21. The lowest BCUT2D eigenvalue weighted by Crippen LogP contribution is -2.19. The third-order valence-electron chi connectivity index (χ3n) is 2.31. The molecule has 0 fully saturated rings. The highest BCUT2D eigenvalue weighted by atomic mass is 79.9. The maximum absolute atomic E-state index is 12.1. The molecule has 2 atom stereocenters. The number of carboxylic acids is 1. The summed E-state index contributed by atoms with van der Waals surface area (Å²) < 4.78 is 36.4. The molecule has 0 spiro atoms. The van der Waals surface area contributed by atoms with Crippen LogP contribution in [0.25, 0.3) is 10.4 Å². The highest BCUT2D eigenvalue weighted by Gasteiger charge is 2.31. The van der Waals surface area contributed by atoms with Gasteiger partial charge in [0.2, 0.25) is 0 Å². The third kappa shape index (κ3) is 8.19. The van der Waals surface area contributed by atoms with Crippen LogP contribution in [0, 0.1) is 5.92 Å². The normalized spacial score (nSPS) is 14.7. The van der Waals surface area contributed by atoms with Crippen LogP contribution >= 0.6 is 15.9 Å². The zero-order chi connectivity index (χ0) is 14.2. The van der Waals surface area contributed by atoms with E-state index in [9.17, 15) is 18.0 Å². The molecule has 0 aromatic heterocycles. The summed E-state index contributed by atoms with van der Waals surface area (Å²) in [5.74, 6) is -1.63. The lowest BCUT2D eigenvalue weighted by atomic mass is 10.0. The van der Waals surface area contributed by atoms with E-state index in [1.54, 1.807) is 0 Å². The Bertz CT molecular complexity index is 319. The number of aliphatic carboxylic acids is 1. The van der Waals surface area contributed by atoms with E-state index in [1.165, 1.54) is 0 Å². The van der Waals surface area contributed by atoms with Gasteiger partial charge in [0.15, 0.2) is 0 Å². The van der Waals surface area contributed by atoms with Crippen molar-refractivity contribution in [2.45, 2.75) is 37.9 Å². The van der Waals surface area contributed by atoms with Crippen molar-refractivity contribution < 1.29 is 23.1 Å². The van der Waals surface area contributed by atoms with Crippen molar-refractivity contribution in [3.05, 3.63) is 10.4 Å². The van der Waals surface area contributed by atoms with Crippen LogP contribution in [0.15, 0.2) is 5.11 Å². The van der Waals surface area contributed by atoms with Crippen molar-refractivity contribution in [2.75, 3.05) is 5.33 Å². The van der Waals surface area contributed by atoms with Crippen molar-refractivity contribution in [1.29, 1.82) is 0 Å². The van der Waals surface area contributed by atoms with Crippen molar-refractivity contribution in [1.82, 2.24) is 0 Å². The largest absolute Gasteiger partial charge is 0.481 e. The maximum atomic E-state index is 12.1. The topological polar surface area (TPSA) is 86.1 Å². The van der Waals surface area contributed by atoms with E-state index in [0.29, 0.717) is 0 Å². The minimum absolute atomic E-state index is 0.0281. The Morgan fingerprint density at radius 1 is 1.44 bits per heavy atom. The van der Waals surface area contributed by atoms with Crippen molar-refractivity contribution in [3.63, 3.8) is 0 Å². The van der Waals surface area contributed by atoms with Gasteiger partial charge in [0.05, 0.1) is 12.3 Å². The first kappa shape index (κ1) is 17.1. The van der Waals surface area contributed by atoms with Gasteiger partial charge in [-0.05, 0) is 18.4 Å². The molecule has 0 saturated carbocycles. The summed E-state index contributed by atoms with van der Waals surface area (Å²) in [6.45, 7) is 0. The zero-order valence-corrected chi connectivity index (χ0v) is 11.0. The SMILES string of the molecule is [N-]=[N+]=NC(CCCC(CBr)C(=O)O)CC(F)(F)F. The Morgan fingerprint density at radius 3 is 2.44 bits per heavy atom.